The zero-order valence-corrected chi connectivity index (χ0v) is 8.61. The van der Waals surface area contributed by atoms with Crippen LogP contribution >= 0.6 is 31.9 Å². The average Bonchev–Trinajstić information content (AvgIpc) is 1.96. The molecule has 0 spiro atoms. The molecule has 0 aliphatic heterocycles. The molecule has 11 heavy (non-hydrogen) atoms. The van der Waals surface area contributed by atoms with E-state index < -0.39 is 0 Å². The SMILES string of the molecule is N=Cc1nc(Br)cc(Br)c1N. The van der Waals surface area contributed by atoms with Gasteiger partial charge in [0.05, 0.1) is 5.69 Å². The lowest BCUT2D eigenvalue weighted by molar-refractivity contribution is 1.24. The Morgan fingerprint density at radius 3 is 2.73 bits per heavy atom. The Balaban J connectivity index is 3.35. The molecule has 1 aromatic rings. The number of halogens is 2. The lowest BCUT2D eigenvalue weighted by Gasteiger charge is -2.01. The van der Waals surface area contributed by atoms with Gasteiger partial charge in [-0.15, -0.1) is 0 Å². The van der Waals surface area contributed by atoms with Gasteiger partial charge in [-0.05, 0) is 37.9 Å². The second-order valence-electron chi connectivity index (χ2n) is 1.87. The van der Waals surface area contributed by atoms with Crippen molar-refractivity contribution in [1.29, 1.82) is 5.41 Å². The number of hydrogen-bond acceptors (Lipinski definition) is 3. The average molecular weight is 279 g/mol. The van der Waals surface area contributed by atoms with E-state index in [-0.39, 0.29) is 0 Å². The van der Waals surface area contributed by atoms with E-state index in [1.807, 2.05) is 0 Å². The number of nitrogens with zero attached hydrogens (tertiary/aromatic N) is 1. The van der Waals surface area contributed by atoms with E-state index >= 15 is 0 Å². The Hall–Kier alpha value is -0.420. The smallest absolute Gasteiger partial charge is 0.108 e. The lowest BCUT2D eigenvalue weighted by Crippen LogP contribution is -1.97. The normalized spacial score (nSPS) is 9.64. The van der Waals surface area contributed by atoms with Gasteiger partial charge in [-0.2, -0.15) is 0 Å². The highest BCUT2D eigenvalue weighted by Crippen LogP contribution is 2.24. The Morgan fingerprint density at radius 2 is 2.18 bits per heavy atom. The summed E-state index contributed by atoms with van der Waals surface area (Å²) in [6.45, 7) is 0. The summed E-state index contributed by atoms with van der Waals surface area (Å²) >= 11 is 6.43. The molecule has 0 saturated heterocycles. The third-order valence-electron chi connectivity index (χ3n) is 1.14. The first-order chi connectivity index (χ1) is 5.15. The van der Waals surface area contributed by atoms with Gasteiger partial charge < -0.3 is 11.1 Å². The van der Waals surface area contributed by atoms with Crippen LogP contribution in [0, 0.1) is 5.41 Å². The van der Waals surface area contributed by atoms with Gasteiger partial charge in [0.15, 0.2) is 0 Å². The third kappa shape index (κ3) is 1.78. The van der Waals surface area contributed by atoms with Crippen molar-refractivity contribution in [2.75, 3.05) is 5.73 Å². The molecule has 0 aliphatic carbocycles. The van der Waals surface area contributed by atoms with Crippen molar-refractivity contribution in [3.05, 3.63) is 20.8 Å². The fourth-order valence-corrected chi connectivity index (χ4v) is 1.77. The number of anilines is 1. The van der Waals surface area contributed by atoms with Crippen LogP contribution in [0.1, 0.15) is 5.69 Å². The molecule has 0 atom stereocenters. The highest BCUT2D eigenvalue weighted by Gasteiger charge is 2.03. The van der Waals surface area contributed by atoms with E-state index in [0.29, 0.717) is 16.0 Å². The molecule has 0 saturated carbocycles. The number of nitrogens with two attached hydrogens (primary N) is 1. The number of nitrogens with one attached hydrogen (secondary N) is 1. The molecule has 0 unspecified atom stereocenters. The van der Waals surface area contributed by atoms with Gasteiger partial charge in [0.1, 0.15) is 10.3 Å². The van der Waals surface area contributed by atoms with Crippen molar-refractivity contribution in [2.45, 2.75) is 0 Å². The maximum atomic E-state index is 6.97. The van der Waals surface area contributed by atoms with Crippen molar-refractivity contribution >= 4 is 43.8 Å². The van der Waals surface area contributed by atoms with Gasteiger partial charge in [-0.3, -0.25) is 0 Å². The molecule has 0 amide bonds. The van der Waals surface area contributed by atoms with E-state index in [1.165, 1.54) is 0 Å². The molecule has 0 fully saturated rings. The summed E-state index contributed by atoms with van der Waals surface area (Å²) in [5, 5.41) is 6.97. The Labute approximate surface area is 80.8 Å². The minimum Gasteiger partial charge on any atom is -0.396 e. The van der Waals surface area contributed by atoms with Crippen LogP contribution in [0.4, 0.5) is 5.69 Å². The maximum absolute atomic E-state index is 6.97. The number of aromatic nitrogens is 1. The van der Waals surface area contributed by atoms with Crippen LogP contribution < -0.4 is 5.73 Å². The summed E-state index contributed by atoms with van der Waals surface area (Å²) in [5.74, 6) is 0. The van der Waals surface area contributed by atoms with Crippen LogP contribution in [0.25, 0.3) is 0 Å². The quantitative estimate of drug-likeness (QED) is 0.611. The number of pyridine rings is 1. The van der Waals surface area contributed by atoms with Crippen molar-refractivity contribution in [2.24, 2.45) is 0 Å². The molecule has 1 rings (SSSR count). The highest BCUT2D eigenvalue weighted by molar-refractivity contribution is 9.11. The van der Waals surface area contributed by atoms with Crippen LogP contribution in [-0.2, 0) is 0 Å². The van der Waals surface area contributed by atoms with Gasteiger partial charge >= 0.3 is 0 Å². The van der Waals surface area contributed by atoms with Crippen LogP contribution in [0.3, 0.4) is 0 Å². The summed E-state index contributed by atoms with van der Waals surface area (Å²) in [4.78, 5) is 3.97. The molecule has 0 aromatic carbocycles. The maximum Gasteiger partial charge on any atom is 0.108 e. The molecule has 3 nitrogen and oxygen atoms in total. The largest absolute Gasteiger partial charge is 0.396 e. The summed E-state index contributed by atoms with van der Waals surface area (Å²) in [6.07, 6.45) is 1.12. The van der Waals surface area contributed by atoms with E-state index in [4.69, 9.17) is 11.1 Å². The highest BCUT2D eigenvalue weighted by atomic mass is 79.9. The number of nitrogen functional groups attached to an aromatic ring is 1. The fraction of sp³-hybridized carbons (Fsp3) is 0. The lowest BCUT2D eigenvalue weighted by atomic mass is 10.3. The van der Waals surface area contributed by atoms with Gasteiger partial charge in [-0.1, -0.05) is 0 Å². The predicted octanol–water partition coefficient (Wildman–Crippen LogP) is 2.19. The van der Waals surface area contributed by atoms with Crippen molar-refractivity contribution in [3.63, 3.8) is 0 Å². The first-order valence-corrected chi connectivity index (χ1v) is 4.35. The zero-order valence-electron chi connectivity index (χ0n) is 5.44. The van der Waals surface area contributed by atoms with E-state index in [0.717, 1.165) is 10.7 Å². The Bertz CT molecular complexity index is 298. The monoisotopic (exact) mass is 277 g/mol. The van der Waals surface area contributed by atoms with E-state index in [9.17, 15) is 0 Å². The van der Waals surface area contributed by atoms with Crippen molar-refractivity contribution in [3.8, 4) is 0 Å². The minimum absolute atomic E-state index is 0.464. The van der Waals surface area contributed by atoms with E-state index in [1.54, 1.807) is 6.07 Å². The van der Waals surface area contributed by atoms with Crippen LogP contribution in [0.2, 0.25) is 0 Å². The number of rotatable bonds is 1. The summed E-state index contributed by atoms with van der Waals surface area (Å²) in [6, 6.07) is 1.74. The topological polar surface area (TPSA) is 62.8 Å². The van der Waals surface area contributed by atoms with Crippen molar-refractivity contribution in [1.82, 2.24) is 4.98 Å². The molecule has 1 heterocycles. The number of hydrogen-bond donors (Lipinski definition) is 2. The third-order valence-corrected chi connectivity index (χ3v) is 2.21. The van der Waals surface area contributed by atoms with Crippen LogP contribution in [0.5, 0.6) is 0 Å². The van der Waals surface area contributed by atoms with Gasteiger partial charge in [0, 0.05) is 10.7 Å². The molecule has 1 aromatic heterocycles. The van der Waals surface area contributed by atoms with E-state index in [2.05, 4.69) is 36.8 Å². The molecule has 0 radical (unpaired) electrons. The Morgan fingerprint density at radius 1 is 1.55 bits per heavy atom. The second kappa shape index (κ2) is 3.32. The van der Waals surface area contributed by atoms with Crippen LogP contribution in [0.15, 0.2) is 15.1 Å². The van der Waals surface area contributed by atoms with Gasteiger partial charge in [0.2, 0.25) is 0 Å². The second-order valence-corrected chi connectivity index (χ2v) is 3.54. The molecule has 3 N–H and O–H groups in total. The van der Waals surface area contributed by atoms with Crippen LogP contribution in [-0.4, -0.2) is 11.2 Å². The first-order valence-electron chi connectivity index (χ1n) is 2.77. The van der Waals surface area contributed by atoms with Crippen molar-refractivity contribution < 1.29 is 0 Å². The molecular weight excluding hydrogens is 274 g/mol. The zero-order chi connectivity index (χ0) is 8.43. The minimum atomic E-state index is 0.464. The molecule has 58 valence electrons. The first kappa shape index (κ1) is 8.67. The Kier molecular flexibility index (Phi) is 2.62. The fourth-order valence-electron chi connectivity index (χ4n) is 0.622. The summed E-state index contributed by atoms with van der Waals surface area (Å²) < 4.78 is 1.41. The predicted molar refractivity (Wildman–Crippen MR) is 51.9 cm³/mol. The van der Waals surface area contributed by atoms with Gasteiger partial charge in [0.25, 0.3) is 0 Å². The molecule has 0 aliphatic rings. The molecule has 0 bridgehead atoms. The summed E-state index contributed by atoms with van der Waals surface area (Å²) in [7, 11) is 0. The summed E-state index contributed by atoms with van der Waals surface area (Å²) in [5.41, 5.74) is 6.53. The molecule has 5 heteroatoms. The van der Waals surface area contributed by atoms with Gasteiger partial charge in [-0.25, -0.2) is 4.98 Å². The standard InChI is InChI=1S/C6H5Br2N3/c7-3-1-5(8)11-4(2-9)6(3)10/h1-2,9H,10H2. The molecular formula is C6H5Br2N3.